The predicted octanol–water partition coefficient (Wildman–Crippen LogP) is 2.84. The first-order valence-corrected chi connectivity index (χ1v) is 8.94. The average Bonchev–Trinajstić information content (AvgIpc) is 3.03. The normalized spacial score (nSPS) is 15.5. The van der Waals surface area contributed by atoms with Crippen LogP contribution in [-0.4, -0.2) is 50.3 Å². The number of halogens is 3. The van der Waals surface area contributed by atoms with Crippen molar-refractivity contribution in [2.24, 2.45) is 13.0 Å². The van der Waals surface area contributed by atoms with E-state index in [1.54, 1.807) is 17.3 Å². The Morgan fingerprint density at radius 3 is 2.62 bits per heavy atom. The standard InChI is InChI=1S/C16H18BrF2N5O2/c1-23-8-12(13(22-23)14(18)19)15(25)24-4-2-10(3-5-24)9-26-16-20-6-11(17)7-21-16/h6-8,10,14H,2-5,9H2,1H3. The first-order chi connectivity index (χ1) is 12.4. The minimum atomic E-state index is -2.77. The molecule has 1 saturated heterocycles. The Bertz CT molecular complexity index is 761. The third kappa shape index (κ3) is 4.35. The summed E-state index contributed by atoms with van der Waals surface area (Å²) in [6.45, 7) is 1.44. The summed E-state index contributed by atoms with van der Waals surface area (Å²) in [7, 11) is 1.52. The second-order valence-electron chi connectivity index (χ2n) is 6.13. The number of carbonyl (C=O) groups is 1. The molecule has 0 N–H and O–H groups in total. The highest BCUT2D eigenvalue weighted by atomic mass is 79.9. The first kappa shape index (κ1) is 18.7. The number of carbonyl (C=O) groups excluding carboxylic acids is 1. The summed E-state index contributed by atoms with van der Waals surface area (Å²) in [4.78, 5) is 22.2. The number of aromatic nitrogens is 4. The molecule has 26 heavy (non-hydrogen) atoms. The van der Waals surface area contributed by atoms with Crippen LogP contribution < -0.4 is 4.74 Å². The number of rotatable bonds is 5. The second-order valence-corrected chi connectivity index (χ2v) is 7.05. The van der Waals surface area contributed by atoms with Crippen molar-refractivity contribution >= 4 is 21.8 Å². The van der Waals surface area contributed by atoms with Gasteiger partial charge in [0.2, 0.25) is 0 Å². The molecular formula is C16H18BrF2N5O2. The number of amides is 1. The maximum absolute atomic E-state index is 13.0. The third-order valence-electron chi connectivity index (χ3n) is 4.24. The van der Waals surface area contributed by atoms with Crippen LogP contribution in [0.1, 0.15) is 35.3 Å². The van der Waals surface area contributed by atoms with Gasteiger partial charge in [0.1, 0.15) is 5.69 Å². The Morgan fingerprint density at radius 1 is 1.35 bits per heavy atom. The van der Waals surface area contributed by atoms with Crippen molar-refractivity contribution in [1.29, 1.82) is 0 Å². The Morgan fingerprint density at radius 2 is 2.00 bits per heavy atom. The van der Waals surface area contributed by atoms with Gasteiger partial charge in [-0.2, -0.15) is 5.10 Å². The molecular weight excluding hydrogens is 412 g/mol. The van der Waals surface area contributed by atoms with Gasteiger partial charge < -0.3 is 9.64 Å². The molecule has 3 heterocycles. The minimum absolute atomic E-state index is 0.0273. The number of nitrogens with zero attached hydrogens (tertiary/aromatic N) is 5. The smallest absolute Gasteiger partial charge is 0.316 e. The molecule has 0 spiro atoms. The maximum atomic E-state index is 13.0. The van der Waals surface area contributed by atoms with Crippen molar-refractivity contribution in [3.63, 3.8) is 0 Å². The van der Waals surface area contributed by atoms with E-state index in [1.807, 2.05) is 0 Å². The van der Waals surface area contributed by atoms with E-state index >= 15 is 0 Å². The monoisotopic (exact) mass is 429 g/mol. The van der Waals surface area contributed by atoms with Crippen molar-refractivity contribution in [2.45, 2.75) is 19.3 Å². The molecule has 1 fully saturated rings. The lowest BCUT2D eigenvalue weighted by Gasteiger charge is -2.31. The summed E-state index contributed by atoms with van der Waals surface area (Å²) >= 11 is 3.26. The molecule has 10 heteroatoms. The van der Waals surface area contributed by atoms with Gasteiger partial charge in [0.25, 0.3) is 12.3 Å². The summed E-state index contributed by atoms with van der Waals surface area (Å²) in [5, 5.41) is 3.69. The third-order valence-corrected chi connectivity index (χ3v) is 4.65. The van der Waals surface area contributed by atoms with E-state index in [9.17, 15) is 13.6 Å². The Labute approximate surface area is 157 Å². The number of likely N-dealkylation sites (tertiary alicyclic amines) is 1. The van der Waals surface area contributed by atoms with Gasteiger partial charge in [-0.15, -0.1) is 0 Å². The van der Waals surface area contributed by atoms with Crippen LogP contribution in [0.25, 0.3) is 0 Å². The molecule has 0 radical (unpaired) electrons. The highest BCUT2D eigenvalue weighted by Gasteiger charge is 2.29. The van der Waals surface area contributed by atoms with Crippen LogP contribution in [0.2, 0.25) is 0 Å². The van der Waals surface area contributed by atoms with Crippen LogP contribution in [-0.2, 0) is 7.05 Å². The van der Waals surface area contributed by atoms with E-state index in [-0.39, 0.29) is 11.5 Å². The predicted molar refractivity (Wildman–Crippen MR) is 92.0 cm³/mol. The van der Waals surface area contributed by atoms with Gasteiger partial charge in [0.15, 0.2) is 0 Å². The van der Waals surface area contributed by atoms with E-state index in [2.05, 4.69) is 31.0 Å². The number of piperidine rings is 1. The van der Waals surface area contributed by atoms with Crippen LogP contribution in [0.15, 0.2) is 23.1 Å². The Kier molecular flexibility index (Phi) is 5.80. The van der Waals surface area contributed by atoms with E-state index in [0.29, 0.717) is 25.7 Å². The molecule has 140 valence electrons. The van der Waals surface area contributed by atoms with Crippen molar-refractivity contribution in [1.82, 2.24) is 24.6 Å². The van der Waals surface area contributed by atoms with E-state index in [0.717, 1.165) is 17.3 Å². The van der Waals surface area contributed by atoms with Crippen molar-refractivity contribution in [3.05, 3.63) is 34.3 Å². The van der Waals surface area contributed by atoms with Crippen molar-refractivity contribution in [3.8, 4) is 6.01 Å². The molecule has 1 aliphatic heterocycles. The summed E-state index contributed by atoms with van der Waals surface area (Å²) in [6, 6.07) is 0.309. The topological polar surface area (TPSA) is 73.1 Å². The van der Waals surface area contributed by atoms with E-state index in [4.69, 9.17) is 4.74 Å². The largest absolute Gasteiger partial charge is 0.463 e. The quantitative estimate of drug-likeness (QED) is 0.730. The summed E-state index contributed by atoms with van der Waals surface area (Å²) in [6.07, 6.45) is 3.26. The summed E-state index contributed by atoms with van der Waals surface area (Å²) < 4.78 is 33.7. The lowest BCUT2D eigenvalue weighted by Crippen LogP contribution is -2.40. The molecule has 0 aliphatic carbocycles. The fourth-order valence-electron chi connectivity index (χ4n) is 2.87. The molecule has 3 rings (SSSR count). The lowest BCUT2D eigenvalue weighted by molar-refractivity contribution is 0.0646. The van der Waals surface area contributed by atoms with Gasteiger partial charge in [-0.05, 0) is 34.7 Å². The zero-order valence-corrected chi connectivity index (χ0v) is 15.7. The zero-order chi connectivity index (χ0) is 18.7. The average molecular weight is 430 g/mol. The first-order valence-electron chi connectivity index (χ1n) is 8.15. The lowest BCUT2D eigenvalue weighted by atomic mass is 9.97. The van der Waals surface area contributed by atoms with Gasteiger partial charge >= 0.3 is 6.01 Å². The van der Waals surface area contributed by atoms with Crippen LogP contribution in [0.5, 0.6) is 6.01 Å². The van der Waals surface area contributed by atoms with Crippen LogP contribution in [0.3, 0.4) is 0 Å². The van der Waals surface area contributed by atoms with Crippen LogP contribution in [0, 0.1) is 5.92 Å². The summed E-state index contributed by atoms with van der Waals surface area (Å²) in [5.41, 5.74) is -0.490. The Balaban J connectivity index is 1.53. The van der Waals surface area contributed by atoms with Crippen LogP contribution in [0.4, 0.5) is 8.78 Å². The molecule has 1 amide bonds. The second kappa shape index (κ2) is 8.07. The van der Waals surface area contributed by atoms with Gasteiger partial charge in [0, 0.05) is 38.7 Å². The molecule has 0 bridgehead atoms. The van der Waals surface area contributed by atoms with Gasteiger partial charge in [0.05, 0.1) is 16.6 Å². The SMILES string of the molecule is Cn1cc(C(=O)N2CCC(COc3ncc(Br)cn3)CC2)c(C(F)F)n1. The fourth-order valence-corrected chi connectivity index (χ4v) is 3.08. The highest BCUT2D eigenvalue weighted by molar-refractivity contribution is 9.10. The van der Waals surface area contributed by atoms with Gasteiger partial charge in [-0.3, -0.25) is 9.48 Å². The fraction of sp³-hybridized carbons (Fsp3) is 0.500. The summed E-state index contributed by atoms with van der Waals surface area (Å²) in [5.74, 6) is -0.140. The van der Waals surface area contributed by atoms with Crippen LogP contribution >= 0.6 is 15.9 Å². The molecule has 0 aromatic carbocycles. The zero-order valence-electron chi connectivity index (χ0n) is 14.1. The number of hydrogen-bond donors (Lipinski definition) is 0. The van der Waals surface area contributed by atoms with Gasteiger partial charge in [-0.1, -0.05) is 0 Å². The number of ether oxygens (including phenoxy) is 1. The molecule has 0 saturated carbocycles. The molecule has 2 aromatic rings. The van der Waals surface area contributed by atoms with E-state index in [1.165, 1.54) is 17.9 Å². The van der Waals surface area contributed by atoms with E-state index < -0.39 is 18.0 Å². The Hall–Kier alpha value is -2.10. The van der Waals surface area contributed by atoms with Crippen molar-refractivity contribution < 1.29 is 18.3 Å². The minimum Gasteiger partial charge on any atom is -0.463 e. The molecule has 0 unspecified atom stereocenters. The maximum Gasteiger partial charge on any atom is 0.316 e. The number of aryl methyl sites for hydroxylation is 1. The molecule has 2 aromatic heterocycles. The molecule has 7 nitrogen and oxygen atoms in total. The van der Waals surface area contributed by atoms with Gasteiger partial charge in [-0.25, -0.2) is 18.7 Å². The van der Waals surface area contributed by atoms with Crippen molar-refractivity contribution in [2.75, 3.05) is 19.7 Å². The molecule has 0 atom stereocenters. The number of hydrogen-bond acceptors (Lipinski definition) is 5. The molecule has 1 aliphatic rings. The number of alkyl halides is 2. The highest BCUT2D eigenvalue weighted by Crippen LogP contribution is 2.25.